The van der Waals surface area contributed by atoms with E-state index in [1.165, 1.54) is 0 Å². The molecule has 2 aromatic carbocycles. The first-order chi connectivity index (χ1) is 14.0. The molecule has 0 saturated carbocycles. The summed E-state index contributed by atoms with van der Waals surface area (Å²) in [6.45, 7) is 1.80. The third-order valence-electron chi connectivity index (χ3n) is 4.67. The molecule has 0 spiro atoms. The van der Waals surface area contributed by atoms with Crippen molar-refractivity contribution in [3.63, 3.8) is 0 Å². The van der Waals surface area contributed by atoms with Crippen LogP contribution in [0.1, 0.15) is 26.4 Å². The van der Waals surface area contributed by atoms with E-state index in [0.29, 0.717) is 22.2 Å². The highest BCUT2D eigenvalue weighted by Crippen LogP contribution is 2.29. The fraction of sp³-hybridized carbons (Fsp3) is 0.0455. The number of pyridine rings is 1. The molecule has 2 amide bonds. The second-order valence-electron chi connectivity index (χ2n) is 6.55. The van der Waals surface area contributed by atoms with Gasteiger partial charge in [0.2, 0.25) is 0 Å². The Labute approximate surface area is 171 Å². The van der Waals surface area contributed by atoms with E-state index in [1.807, 2.05) is 24.3 Å². The maximum atomic E-state index is 13.3. The van der Waals surface area contributed by atoms with Crippen molar-refractivity contribution >= 4 is 40.0 Å². The summed E-state index contributed by atoms with van der Waals surface area (Å²) >= 11 is 6.37. The minimum Gasteiger partial charge on any atom is -0.366 e. The van der Waals surface area contributed by atoms with Crippen LogP contribution in [-0.2, 0) is 0 Å². The average Bonchev–Trinajstić information content (AvgIpc) is 3.09. The van der Waals surface area contributed by atoms with Crippen molar-refractivity contribution in [1.29, 1.82) is 0 Å². The highest BCUT2D eigenvalue weighted by Gasteiger charge is 2.21. The minimum atomic E-state index is -0.614. The van der Waals surface area contributed by atoms with Crippen LogP contribution in [0.2, 0.25) is 5.02 Å². The van der Waals surface area contributed by atoms with Crippen LogP contribution >= 0.6 is 11.6 Å². The lowest BCUT2D eigenvalue weighted by Crippen LogP contribution is -2.21. The third-order valence-corrected chi connectivity index (χ3v) is 4.97. The lowest BCUT2D eigenvalue weighted by Gasteiger charge is -2.14. The van der Waals surface area contributed by atoms with Gasteiger partial charge in [-0.15, -0.1) is 0 Å². The molecule has 2 heterocycles. The molecule has 0 fully saturated rings. The van der Waals surface area contributed by atoms with Crippen LogP contribution in [-0.4, -0.2) is 21.4 Å². The molecule has 4 aromatic rings. The van der Waals surface area contributed by atoms with Gasteiger partial charge in [-0.2, -0.15) is 0 Å². The number of rotatable bonds is 4. The second kappa shape index (κ2) is 7.41. The highest BCUT2D eigenvalue weighted by atomic mass is 35.5. The predicted octanol–water partition coefficient (Wildman–Crippen LogP) is 4.34. The van der Waals surface area contributed by atoms with E-state index in [1.54, 1.807) is 54.1 Å². The fourth-order valence-electron chi connectivity index (χ4n) is 3.31. The topological polar surface area (TPSA) is 90.0 Å². The van der Waals surface area contributed by atoms with E-state index < -0.39 is 11.8 Å². The monoisotopic (exact) mass is 404 g/mol. The molecule has 2 aromatic heterocycles. The molecule has 4 rings (SSSR count). The second-order valence-corrected chi connectivity index (χ2v) is 6.96. The maximum Gasteiger partial charge on any atom is 0.272 e. The Hall–Kier alpha value is -3.64. The Morgan fingerprint density at radius 2 is 1.86 bits per heavy atom. The molecule has 0 saturated heterocycles. The molecule has 0 aliphatic heterocycles. The number of aromatic nitrogens is 2. The number of nitrogens with zero attached hydrogens (tertiary/aromatic N) is 2. The molecule has 144 valence electrons. The van der Waals surface area contributed by atoms with E-state index in [9.17, 15) is 9.59 Å². The summed E-state index contributed by atoms with van der Waals surface area (Å²) in [6.07, 6.45) is 1.62. The van der Waals surface area contributed by atoms with Crippen molar-refractivity contribution in [3.05, 3.63) is 88.7 Å². The number of halogens is 1. The summed E-state index contributed by atoms with van der Waals surface area (Å²) in [7, 11) is 0. The van der Waals surface area contributed by atoms with Gasteiger partial charge in [-0.3, -0.25) is 14.2 Å². The van der Waals surface area contributed by atoms with E-state index in [2.05, 4.69) is 10.3 Å². The average molecular weight is 405 g/mol. The van der Waals surface area contributed by atoms with Gasteiger partial charge < -0.3 is 11.1 Å². The number of fused-ring (bicyclic) bond motifs is 1. The van der Waals surface area contributed by atoms with Crippen molar-refractivity contribution in [3.8, 4) is 5.82 Å². The number of nitrogens with one attached hydrogen (secondary N) is 1. The number of para-hydroxylation sites is 2. The van der Waals surface area contributed by atoms with Crippen molar-refractivity contribution in [2.45, 2.75) is 6.92 Å². The number of carbonyl (C=O) groups is 2. The van der Waals surface area contributed by atoms with Crippen molar-refractivity contribution in [1.82, 2.24) is 9.55 Å². The zero-order valence-corrected chi connectivity index (χ0v) is 16.3. The van der Waals surface area contributed by atoms with Gasteiger partial charge in [0, 0.05) is 11.6 Å². The standard InChI is InChI=1S/C22H17ClN4O2/c1-13-6-4-8-15(20(24)28)19(13)26-22(29)18-12-14-7-2-3-10-17(14)27(18)21-16(23)9-5-11-25-21/h2-12H,1H3,(H2,24,28)(H,26,29). The van der Waals surface area contributed by atoms with Crippen LogP contribution in [0.3, 0.4) is 0 Å². The third kappa shape index (κ3) is 3.34. The number of anilines is 1. The normalized spacial score (nSPS) is 10.8. The zero-order valence-electron chi connectivity index (χ0n) is 15.5. The minimum absolute atomic E-state index is 0.247. The number of hydrogen-bond donors (Lipinski definition) is 2. The van der Waals surface area contributed by atoms with Gasteiger partial charge in [0.1, 0.15) is 5.69 Å². The first-order valence-corrected chi connectivity index (χ1v) is 9.27. The predicted molar refractivity (Wildman–Crippen MR) is 114 cm³/mol. The number of nitrogens with two attached hydrogens (primary N) is 1. The lowest BCUT2D eigenvalue weighted by atomic mass is 10.1. The first kappa shape index (κ1) is 18.7. The van der Waals surface area contributed by atoms with Gasteiger partial charge in [0.05, 0.1) is 21.8 Å². The Morgan fingerprint density at radius 3 is 2.62 bits per heavy atom. The Morgan fingerprint density at radius 1 is 1.07 bits per heavy atom. The van der Waals surface area contributed by atoms with Gasteiger partial charge in [-0.05, 0) is 42.8 Å². The Kier molecular flexibility index (Phi) is 4.78. The molecule has 0 atom stereocenters. The summed E-state index contributed by atoms with van der Waals surface area (Å²) in [6, 6.07) is 17.9. The summed E-state index contributed by atoms with van der Waals surface area (Å²) in [5.41, 5.74) is 7.97. The van der Waals surface area contributed by atoms with Crippen molar-refractivity contribution in [2.75, 3.05) is 5.32 Å². The molecule has 0 bridgehead atoms. The van der Waals surface area contributed by atoms with Crippen molar-refractivity contribution in [2.24, 2.45) is 5.73 Å². The summed E-state index contributed by atoms with van der Waals surface area (Å²) in [4.78, 5) is 29.4. The number of amides is 2. The van der Waals surface area contributed by atoms with E-state index in [4.69, 9.17) is 17.3 Å². The number of carbonyl (C=O) groups excluding carboxylic acids is 2. The lowest BCUT2D eigenvalue weighted by molar-refractivity contribution is 0.100. The zero-order chi connectivity index (χ0) is 20.5. The SMILES string of the molecule is Cc1cccc(C(N)=O)c1NC(=O)c1cc2ccccc2n1-c1ncccc1Cl. The molecule has 0 radical (unpaired) electrons. The van der Waals surface area contributed by atoms with E-state index >= 15 is 0 Å². The summed E-state index contributed by atoms with van der Waals surface area (Å²) in [5.74, 6) is -0.572. The van der Waals surface area contributed by atoms with Crippen molar-refractivity contribution < 1.29 is 9.59 Å². The molecular weight excluding hydrogens is 388 g/mol. The molecular formula is C22H17ClN4O2. The van der Waals surface area contributed by atoms with Gasteiger partial charge in [-0.25, -0.2) is 4.98 Å². The molecule has 0 aliphatic carbocycles. The Bertz CT molecular complexity index is 1260. The van der Waals surface area contributed by atoms with E-state index in [-0.39, 0.29) is 5.56 Å². The van der Waals surface area contributed by atoms with Crippen LogP contribution in [0.4, 0.5) is 5.69 Å². The summed E-state index contributed by atoms with van der Waals surface area (Å²) < 4.78 is 1.70. The largest absolute Gasteiger partial charge is 0.366 e. The summed E-state index contributed by atoms with van der Waals surface area (Å²) in [5, 5.41) is 4.11. The highest BCUT2D eigenvalue weighted by molar-refractivity contribution is 6.32. The van der Waals surface area contributed by atoms with Gasteiger partial charge in [0.25, 0.3) is 11.8 Å². The van der Waals surface area contributed by atoms with Crippen LogP contribution in [0.15, 0.2) is 66.9 Å². The number of aryl methyl sites for hydroxylation is 1. The van der Waals surface area contributed by atoms with Gasteiger partial charge in [0.15, 0.2) is 5.82 Å². The first-order valence-electron chi connectivity index (χ1n) is 8.89. The molecule has 7 heteroatoms. The Balaban J connectivity index is 1.88. The van der Waals surface area contributed by atoms with Crippen LogP contribution in [0.25, 0.3) is 16.7 Å². The quantitative estimate of drug-likeness (QED) is 0.530. The molecule has 6 nitrogen and oxygen atoms in total. The number of hydrogen-bond acceptors (Lipinski definition) is 3. The van der Waals surface area contributed by atoms with Crippen LogP contribution < -0.4 is 11.1 Å². The molecule has 0 aliphatic rings. The van der Waals surface area contributed by atoms with Gasteiger partial charge in [-0.1, -0.05) is 41.9 Å². The number of primary amides is 1. The van der Waals surface area contributed by atoms with E-state index in [0.717, 1.165) is 16.5 Å². The molecule has 3 N–H and O–H groups in total. The molecule has 29 heavy (non-hydrogen) atoms. The van der Waals surface area contributed by atoms with Gasteiger partial charge >= 0.3 is 0 Å². The maximum absolute atomic E-state index is 13.3. The number of benzene rings is 2. The fourth-order valence-corrected chi connectivity index (χ4v) is 3.51. The smallest absolute Gasteiger partial charge is 0.272 e. The molecule has 0 unspecified atom stereocenters. The van der Waals surface area contributed by atoms with Crippen LogP contribution in [0.5, 0.6) is 0 Å². The van der Waals surface area contributed by atoms with Crippen LogP contribution in [0, 0.1) is 6.92 Å².